The fraction of sp³-hybridized carbons (Fsp3) is 0.875. The molecule has 3 atom stereocenters. The number of hydrogen-bond donors (Lipinski definition) is 3. The Morgan fingerprint density at radius 2 is 2.33 bits per heavy atom. The van der Waals surface area contributed by atoms with Gasteiger partial charge in [0.1, 0.15) is 0 Å². The molecule has 0 aromatic heterocycles. The molecule has 1 amide bonds. The van der Waals surface area contributed by atoms with Crippen molar-refractivity contribution in [1.29, 1.82) is 0 Å². The van der Waals surface area contributed by atoms with Crippen molar-refractivity contribution in [2.75, 3.05) is 0 Å². The van der Waals surface area contributed by atoms with Crippen molar-refractivity contribution in [2.24, 2.45) is 17.4 Å². The summed E-state index contributed by atoms with van der Waals surface area (Å²) in [5.41, 5.74) is 9.81. The maximum Gasteiger partial charge on any atom is 0.234 e. The van der Waals surface area contributed by atoms with Gasteiger partial charge in [-0.05, 0) is 19.8 Å². The second kappa shape index (κ2) is 3.03. The van der Waals surface area contributed by atoms with Crippen molar-refractivity contribution in [3.05, 3.63) is 0 Å². The SMILES string of the molecule is CC1(O)CCCC1C(N)C(N)=O. The van der Waals surface area contributed by atoms with E-state index in [9.17, 15) is 9.90 Å². The molecule has 0 aliphatic heterocycles. The molecule has 4 nitrogen and oxygen atoms in total. The van der Waals surface area contributed by atoms with Crippen LogP contribution in [-0.2, 0) is 4.79 Å². The number of amides is 1. The van der Waals surface area contributed by atoms with Crippen LogP contribution in [0.25, 0.3) is 0 Å². The van der Waals surface area contributed by atoms with Gasteiger partial charge in [0.25, 0.3) is 0 Å². The van der Waals surface area contributed by atoms with E-state index in [4.69, 9.17) is 11.5 Å². The first-order valence-electron chi connectivity index (χ1n) is 4.22. The first-order chi connectivity index (χ1) is 5.45. The van der Waals surface area contributed by atoms with Gasteiger partial charge in [0.05, 0.1) is 11.6 Å². The molecule has 12 heavy (non-hydrogen) atoms. The normalized spacial score (nSPS) is 38.1. The fourth-order valence-corrected chi connectivity index (χ4v) is 1.94. The van der Waals surface area contributed by atoms with Crippen molar-refractivity contribution in [3.63, 3.8) is 0 Å². The molecule has 4 heteroatoms. The van der Waals surface area contributed by atoms with Crippen molar-refractivity contribution in [1.82, 2.24) is 0 Å². The smallest absolute Gasteiger partial charge is 0.234 e. The van der Waals surface area contributed by atoms with Crippen LogP contribution in [0.3, 0.4) is 0 Å². The molecule has 3 unspecified atom stereocenters. The third-order valence-electron chi connectivity index (χ3n) is 2.76. The van der Waals surface area contributed by atoms with Gasteiger partial charge in [-0.2, -0.15) is 0 Å². The van der Waals surface area contributed by atoms with Gasteiger partial charge in [0.15, 0.2) is 0 Å². The van der Waals surface area contributed by atoms with Gasteiger partial charge in [-0.25, -0.2) is 0 Å². The highest BCUT2D eigenvalue weighted by molar-refractivity contribution is 5.80. The van der Waals surface area contributed by atoms with Gasteiger partial charge >= 0.3 is 0 Å². The molecule has 0 spiro atoms. The Balaban J connectivity index is 2.68. The van der Waals surface area contributed by atoms with Gasteiger partial charge in [-0.1, -0.05) is 6.42 Å². The monoisotopic (exact) mass is 172 g/mol. The van der Waals surface area contributed by atoms with Gasteiger partial charge in [-0.15, -0.1) is 0 Å². The highest BCUT2D eigenvalue weighted by atomic mass is 16.3. The minimum Gasteiger partial charge on any atom is -0.390 e. The van der Waals surface area contributed by atoms with Crippen molar-refractivity contribution in [3.8, 4) is 0 Å². The van der Waals surface area contributed by atoms with Crippen LogP contribution < -0.4 is 11.5 Å². The zero-order valence-corrected chi connectivity index (χ0v) is 7.29. The molecule has 1 saturated carbocycles. The molecule has 0 aromatic rings. The Kier molecular flexibility index (Phi) is 2.39. The Morgan fingerprint density at radius 1 is 1.75 bits per heavy atom. The summed E-state index contributed by atoms with van der Waals surface area (Å²) in [6, 6.07) is -0.706. The topological polar surface area (TPSA) is 89.3 Å². The zero-order valence-electron chi connectivity index (χ0n) is 7.29. The molecule has 1 aliphatic carbocycles. The van der Waals surface area contributed by atoms with Gasteiger partial charge in [0.2, 0.25) is 5.91 Å². The lowest BCUT2D eigenvalue weighted by Crippen LogP contribution is -2.49. The maximum absolute atomic E-state index is 10.8. The summed E-state index contributed by atoms with van der Waals surface area (Å²) in [6.45, 7) is 1.72. The number of rotatable bonds is 2. The maximum atomic E-state index is 10.8. The molecule has 1 fully saturated rings. The summed E-state index contributed by atoms with van der Waals surface area (Å²) in [5, 5.41) is 9.79. The van der Waals surface area contributed by atoms with E-state index in [1.165, 1.54) is 0 Å². The van der Waals surface area contributed by atoms with Gasteiger partial charge in [-0.3, -0.25) is 4.79 Å². The summed E-state index contributed by atoms with van der Waals surface area (Å²) in [4.78, 5) is 10.8. The molecular formula is C8H16N2O2. The number of carbonyl (C=O) groups is 1. The molecule has 5 N–H and O–H groups in total. The lowest BCUT2D eigenvalue weighted by molar-refractivity contribution is -0.122. The van der Waals surface area contributed by atoms with Gasteiger partial charge in [0, 0.05) is 5.92 Å². The molecule has 0 saturated heterocycles. The second-order valence-electron chi connectivity index (χ2n) is 3.78. The molecule has 0 bridgehead atoms. The Hall–Kier alpha value is -0.610. The minimum atomic E-state index is -0.811. The summed E-state index contributed by atoms with van der Waals surface area (Å²) >= 11 is 0. The van der Waals surface area contributed by atoms with Crippen LogP contribution in [-0.4, -0.2) is 22.7 Å². The highest BCUT2D eigenvalue weighted by Gasteiger charge is 2.42. The van der Waals surface area contributed by atoms with E-state index < -0.39 is 17.6 Å². The van der Waals surface area contributed by atoms with Crippen LogP contribution in [0.1, 0.15) is 26.2 Å². The predicted octanol–water partition coefficient (Wildman–Crippen LogP) is -0.650. The van der Waals surface area contributed by atoms with Crippen LogP contribution in [0.4, 0.5) is 0 Å². The molecule has 0 heterocycles. The molecule has 1 rings (SSSR count). The predicted molar refractivity (Wildman–Crippen MR) is 45.1 cm³/mol. The third-order valence-corrected chi connectivity index (χ3v) is 2.76. The van der Waals surface area contributed by atoms with Crippen LogP contribution in [0.5, 0.6) is 0 Å². The third kappa shape index (κ3) is 1.59. The fourth-order valence-electron chi connectivity index (χ4n) is 1.94. The molecule has 1 aliphatic rings. The summed E-state index contributed by atoms with van der Waals surface area (Å²) in [7, 11) is 0. The summed E-state index contributed by atoms with van der Waals surface area (Å²) in [5.74, 6) is -0.697. The van der Waals surface area contributed by atoms with E-state index in [0.717, 1.165) is 12.8 Å². The minimum absolute atomic E-state index is 0.171. The molecular weight excluding hydrogens is 156 g/mol. The summed E-state index contributed by atoms with van der Waals surface area (Å²) in [6.07, 6.45) is 2.41. The average molecular weight is 172 g/mol. The van der Waals surface area contributed by atoms with Crippen LogP contribution in [0.2, 0.25) is 0 Å². The van der Waals surface area contributed by atoms with E-state index in [1.807, 2.05) is 0 Å². The molecule has 0 radical (unpaired) electrons. The van der Waals surface area contributed by atoms with E-state index in [1.54, 1.807) is 6.92 Å². The lowest BCUT2D eigenvalue weighted by Gasteiger charge is -2.28. The average Bonchev–Trinajstić information content (AvgIpc) is 2.27. The van der Waals surface area contributed by atoms with Crippen LogP contribution >= 0.6 is 0 Å². The van der Waals surface area contributed by atoms with Crippen LogP contribution in [0, 0.1) is 5.92 Å². The molecule has 70 valence electrons. The number of nitrogens with two attached hydrogens (primary N) is 2. The number of hydrogen-bond acceptors (Lipinski definition) is 3. The highest BCUT2D eigenvalue weighted by Crippen LogP contribution is 2.36. The Bertz CT molecular complexity index is 191. The molecule has 0 aromatic carbocycles. The quantitative estimate of drug-likeness (QED) is 0.517. The van der Waals surface area contributed by atoms with E-state index in [-0.39, 0.29) is 5.92 Å². The Labute approximate surface area is 71.9 Å². The largest absolute Gasteiger partial charge is 0.390 e. The van der Waals surface area contributed by atoms with Gasteiger partial charge < -0.3 is 16.6 Å². The van der Waals surface area contributed by atoms with Crippen molar-refractivity contribution in [2.45, 2.75) is 37.8 Å². The lowest BCUT2D eigenvalue weighted by atomic mass is 9.86. The standard InChI is InChI=1S/C8H16N2O2/c1-8(12)4-2-3-5(8)6(9)7(10)11/h5-6,12H,2-4,9H2,1H3,(H2,10,11). The first-order valence-corrected chi connectivity index (χ1v) is 4.22. The number of primary amides is 1. The van der Waals surface area contributed by atoms with E-state index in [2.05, 4.69) is 0 Å². The zero-order chi connectivity index (χ0) is 9.35. The van der Waals surface area contributed by atoms with Crippen LogP contribution in [0.15, 0.2) is 0 Å². The first kappa shape index (κ1) is 9.48. The number of aliphatic hydroxyl groups is 1. The second-order valence-corrected chi connectivity index (χ2v) is 3.78. The van der Waals surface area contributed by atoms with E-state index >= 15 is 0 Å². The van der Waals surface area contributed by atoms with E-state index in [0.29, 0.717) is 6.42 Å². The number of carbonyl (C=O) groups excluding carboxylic acids is 1. The summed E-state index contributed by atoms with van der Waals surface area (Å²) < 4.78 is 0. The van der Waals surface area contributed by atoms with Crippen molar-refractivity contribution >= 4 is 5.91 Å². The van der Waals surface area contributed by atoms with Crippen molar-refractivity contribution < 1.29 is 9.90 Å². The Morgan fingerprint density at radius 3 is 2.67 bits per heavy atom.